The van der Waals surface area contributed by atoms with Gasteiger partial charge in [-0.2, -0.15) is 0 Å². The second-order valence-electron chi connectivity index (χ2n) is 7.44. The van der Waals surface area contributed by atoms with Gasteiger partial charge in [0.15, 0.2) is 0 Å². The Kier molecular flexibility index (Phi) is 7.17. The van der Waals surface area contributed by atoms with E-state index in [9.17, 15) is 9.59 Å². The van der Waals surface area contributed by atoms with E-state index >= 15 is 0 Å². The molecule has 5 nitrogen and oxygen atoms in total. The highest BCUT2D eigenvalue weighted by Gasteiger charge is 2.35. The summed E-state index contributed by atoms with van der Waals surface area (Å²) in [5.74, 6) is -0.317. The highest BCUT2D eigenvalue weighted by molar-refractivity contribution is 6.33. The van der Waals surface area contributed by atoms with Gasteiger partial charge in [-0.15, -0.1) is 12.4 Å². The molecular formula is C22H25Cl2N3O2. The Morgan fingerprint density at radius 1 is 1.10 bits per heavy atom. The number of amides is 2. The van der Waals surface area contributed by atoms with Crippen LogP contribution in [0.5, 0.6) is 0 Å². The van der Waals surface area contributed by atoms with E-state index in [-0.39, 0.29) is 24.2 Å². The molecule has 2 atom stereocenters. The predicted molar refractivity (Wildman–Crippen MR) is 117 cm³/mol. The second kappa shape index (κ2) is 9.61. The van der Waals surface area contributed by atoms with Crippen LogP contribution in [0.15, 0.2) is 48.5 Å². The first-order valence-corrected chi connectivity index (χ1v) is 10.1. The topological polar surface area (TPSA) is 61.4 Å². The van der Waals surface area contributed by atoms with E-state index in [4.69, 9.17) is 11.6 Å². The summed E-state index contributed by atoms with van der Waals surface area (Å²) in [7, 11) is 0. The van der Waals surface area contributed by atoms with Gasteiger partial charge in [-0.3, -0.25) is 9.59 Å². The van der Waals surface area contributed by atoms with E-state index < -0.39 is 6.04 Å². The number of halogens is 2. The first-order valence-electron chi connectivity index (χ1n) is 9.77. The van der Waals surface area contributed by atoms with Crippen LogP contribution in [0.25, 0.3) is 0 Å². The lowest BCUT2D eigenvalue weighted by atomic mass is 9.92. The van der Waals surface area contributed by atoms with Crippen molar-refractivity contribution in [1.82, 2.24) is 15.5 Å². The fourth-order valence-corrected chi connectivity index (χ4v) is 4.25. The van der Waals surface area contributed by atoms with Gasteiger partial charge in [-0.1, -0.05) is 48.0 Å². The summed E-state index contributed by atoms with van der Waals surface area (Å²) in [6.07, 6.45) is 2.71. The Hall–Kier alpha value is -2.08. The number of benzene rings is 2. The molecule has 2 unspecified atom stereocenters. The molecule has 0 aliphatic carbocycles. The summed E-state index contributed by atoms with van der Waals surface area (Å²) in [6.45, 7) is 1.99. The number of rotatable bonds is 4. The first kappa shape index (κ1) is 21.6. The highest BCUT2D eigenvalue weighted by atomic mass is 35.5. The van der Waals surface area contributed by atoms with Crippen molar-refractivity contribution in [3.8, 4) is 0 Å². The van der Waals surface area contributed by atoms with Crippen molar-refractivity contribution < 1.29 is 9.59 Å². The van der Waals surface area contributed by atoms with Crippen LogP contribution in [0, 0.1) is 0 Å². The zero-order chi connectivity index (χ0) is 19.5. The minimum Gasteiger partial charge on any atom is -0.353 e. The quantitative estimate of drug-likeness (QED) is 0.777. The zero-order valence-electron chi connectivity index (χ0n) is 16.1. The minimum absolute atomic E-state index is 0. The van der Waals surface area contributed by atoms with Gasteiger partial charge in [0, 0.05) is 25.6 Å². The van der Waals surface area contributed by atoms with Gasteiger partial charge in [-0.25, -0.2) is 0 Å². The maximum Gasteiger partial charge on any atom is 0.256 e. The molecule has 2 aromatic carbocycles. The van der Waals surface area contributed by atoms with Crippen molar-refractivity contribution in [1.29, 1.82) is 0 Å². The summed E-state index contributed by atoms with van der Waals surface area (Å²) in [5.41, 5.74) is 2.62. The van der Waals surface area contributed by atoms with E-state index in [0.717, 1.165) is 30.5 Å². The van der Waals surface area contributed by atoms with E-state index in [2.05, 4.69) is 10.6 Å². The standard InChI is InChI=1S/C22H24ClN3O2.ClH/c23-19-10-4-3-9-18(19)22(28)26-14-16-7-2-1-6-15(16)12-20(26)21(27)25-13-17-8-5-11-24-17;/h1-4,6-7,9-10,17,20,24H,5,8,11-14H2,(H,25,27);1H. The molecule has 2 N–H and O–H groups in total. The predicted octanol–water partition coefficient (Wildman–Crippen LogP) is 3.20. The molecule has 0 aromatic heterocycles. The Morgan fingerprint density at radius 3 is 2.55 bits per heavy atom. The fourth-order valence-electron chi connectivity index (χ4n) is 4.03. The van der Waals surface area contributed by atoms with Crippen molar-refractivity contribution in [2.45, 2.75) is 37.9 Å². The van der Waals surface area contributed by atoms with Gasteiger partial charge in [0.25, 0.3) is 5.91 Å². The molecule has 0 radical (unpaired) electrons. The van der Waals surface area contributed by atoms with Gasteiger partial charge < -0.3 is 15.5 Å². The van der Waals surface area contributed by atoms with Crippen LogP contribution in [0.4, 0.5) is 0 Å². The van der Waals surface area contributed by atoms with Crippen molar-refractivity contribution >= 4 is 35.8 Å². The number of nitrogens with one attached hydrogen (secondary N) is 2. The van der Waals surface area contributed by atoms with Crippen LogP contribution in [-0.2, 0) is 17.8 Å². The Bertz CT molecular complexity index is 884. The SMILES string of the molecule is Cl.O=C(NCC1CCCN1)C1Cc2ccccc2CN1C(=O)c1ccccc1Cl. The monoisotopic (exact) mass is 433 g/mol. The molecule has 2 aliphatic heterocycles. The third-order valence-electron chi connectivity index (χ3n) is 5.60. The Morgan fingerprint density at radius 2 is 1.83 bits per heavy atom. The number of hydrogen-bond donors (Lipinski definition) is 2. The van der Waals surface area contributed by atoms with Crippen LogP contribution in [0.2, 0.25) is 5.02 Å². The van der Waals surface area contributed by atoms with Crippen molar-refractivity contribution in [2.75, 3.05) is 13.1 Å². The van der Waals surface area contributed by atoms with Gasteiger partial charge in [0.05, 0.1) is 10.6 Å². The molecule has 1 saturated heterocycles. The number of nitrogens with zero attached hydrogens (tertiary/aromatic N) is 1. The van der Waals surface area contributed by atoms with Crippen LogP contribution in [-0.4, -0.2) is 41.9 Å². The summed E-state index contributed by atoms with van der Waals surface area (Å²) in [6, 6.07) is 14.7. The molecule has 4 rings (SSSR count). The lowest BCUT2D eigenvalue weighted by Gasteiger charge is -2.36. The van der Waals surface area contributed by atoms with Gasteiger partial charge in [0.1, 0.15) is 6.04 Å². The average molecular weight is 434 g/mol. The molecule has 2 aromatic rings. The molecular weight excluding hydrogens is 409 g/mol. The molecule has 0 bridgehead atoms. The van der Waals surface area contributed by atoms with Crippen molar-refractivity contribution in [2.24, 2.45) is 0 Å². The summed E-state index contributed by atoms with van der Waals surface area (Å²) >= 11 is 6.26. The van der Waals surface area contributed by atoms with E-state index in [1.54, 1.807) is 29.2 Å². The number of carbonyl (C=O) groups is 2. The van der Waals surface area contributed by atoms with Crippen molar-refractivity contribution in [3.05, 3.63) is 70.2 Å². The van der Waals surface area contributed by atoms with Crippen LogP contribution in [0.1, 0.15) is 34.3 Å². The summed E-state index contributed by atoms with van der Waals surface area (Å²) in [4.78, 5) is 27.9. The molecule has 2 amide bonds. The van der Waals surface area contributed by atoms with Gasteiger partial charge in [0.2, 0.25) is 5.91 Å². The molecule has 2 aliphatic rings. The number of fused-ring (bicyclic) bond motifs is 1. The van der Waals surface area contributed by atoms with Crippen LogP contribution < -0.4 is 10.6 Å². The Labute approximate surface area is 182 Å². The maximum atomic E-state index is 13.3. The normalized spacial score (nSPS) is 20.5. The maximum absolute atomic E-state index is 13.3. The van der Waals surface area contributed by atoms with E-state index in [1.807, 2.05) is 24.3 Å². The highest BCUT2D eigenvalue weighted by Crippen LogP contribution is 2.27. The van der Waals surface area contributed by atoms with Crippen molar-refractivity contribution in [3.63, 3.8) is 0 Å². The zero-order valence-corrected chi connectivity index (χ0v) is 17.6. The lowest BCUT2D eigenvalue weighted by Crippen LogP contribution is -2.54. The fraction of sp³-hybridized carbons (Fsp3) is 0.364. The molecule has 7 heteroatoms. The van der Waals surface area contributed by atoms with Crippen LogP contribution in [0.3, 0.4) is 0 Å². The number of hydrogen-bond acceptors (Lipinski definition) is 3. The first-order chi connectivity index (χ1) is 13.6. The third-order valence-corrected chi connectivity index (χ3v) is 5.93. The molecule has 0 saturated carbocycles. The van der Waals surface area contributed by atoms with Crippen LogP contribution >= 0.6 is 24.0 Å². The molecule has 1 fully saturated rings. The number of carbonyl (C=O) groups excluding carboxylic acids is 2. The molecule has 0 spiro atoms. The molecule has 29 heavy (non-hydrogen) atoms. The van der Waals surface area contributed by atoms with E-state index in [1.165, 1.54) is 0 Å². The smallest absolute Gasteiger partial charge is 0.256 e. The summed E-state index contributed by atoms with van der Waals surface area (Å²) < 4.78 is 0. The van der Waals surface area contributed by atoms with Gasteiger partial charge in [-0.05, 0) is 42.6 Å². The Balaban J connectivity index is 0.00000240. The summed E-state index contributed by atoms with van der Waals surface area (Å²) in [5, 5.41) is 6.84. The minimum atomic E-state index is -0.542. The second-order valence-corrected chi connectivity index (χ2v) is 7.85. The lowest BCUT2D eigenvalue weighted by molar-refractivity contribution is -0.126. The molecule has 2 heterocycles. The van der Waals surface area contributed by atoms with Gasteiger partial charge >= 0.3 is 0 Å². The van der Waals surface area contributed by atoms with E-state index in [0.29, 0.717) is 36.1 Å². The average Bonchev–Trinajstić information content (AvgIpc) is 3.24. The molecule has 154 valence electrons. The third kappa shape index (κ3) is 4.74. The largest absolute Gasteiger partial charge is 0.353 e.